The van der Waals surface area contributed by atoms with Crippen LogP contribution in [0, 0.1) is 5.92 Å². The summed E-state index contributed by atoms with van der Waals surface area (Å²) in [5.41, 5.74) is 0.739. The number of benzene rings is 1. The Hall–Kier alpha value is -2.55. The molecule has 2 N–H and O–H groups in total. The molecule has 1 aromatic carbocycles. The van der Waals surface area contributed by atoms with Crippen molar-refractivity contribution >= 4 is 41.1 Å². The summed E-state index contributed by atoms with van der Waals surface area (Å²) in [6.07, 6.45) is 2.79. The smallest absolute Gasteiger partial charge is 0.311 e. The fraction of sp³-hybridized carbons (Fsp3) is 0.474. The monoisotopic (exact) mass is 407 g/mol. The van der Waals surface area contributed by atoms with Crippen molar-refractivity contribution in [2.75, 3.05) is 37.4 Å². The molecule has 1 aliphatic heterocycles. The van der Waals surface area contributed by atoms with Gasteiger partial charge in [0, 0.05) is 30.1 Å². The van der Waals surface area contributed by atoms with E-state index in [0.29, 0.717) is 6.54 Å². The van der Waals surface area contributed by atoms with Gasteiger partial charge in [-0.3, -0.25) is 19.2 Å². The second-order valence-corrected chi connectivity index (χ2v) is 7.22. The third-order valence-electron chi connectivity index (χ3n) is 4.19. The molecular formula is C19H25N3O5S. The van der Waals surface area contributed by atoms with E-state index in [-0.39, 0.29) is 31.3 Å². The lowest BCUT2D eigenvalue weighted by molar-refractivity contribution is -0.152. The molecule has 2 rings (SSSR count). The highest BCUT2D eigenvalue weighted by Gasteiger charge is 2.36. The van der Waals surface area contributed by atoms with Gasteiger partial charge in [-0.1, -0.05) is 13.0 Å². The minimum atomic E-state index is -0.619. The van der Waals surface area contributed by atoms with Crippen LogP contribution in [0.5, 0.6) is 0 Å². The minimum absolute atomic E-state index is 0.0450. The number of nitrogens with zero attached hydrogens (tertiary/aromatic N) is 1. The number of esters is 1. The van der Waals surface area contributed by atoms with Gasteiger partial charge in [0.1, 0.15) is 0 Å². The maximum absolute atomic E-state index is 12.3. The van der Waals surface area contributed by atoms with Crippen LogP contribution in [-0.4, -0.2) is 56.2 Å². The Morgan fingerprint density at radius 2 is 2.04 bits per heavy atom. The van der Waals surface area contributed by atoms with E-state index in [1.165, 1.54) is 0 Å². The van der Waals surface area contributed by atoms with Crippen molar-refractivity contribution < 1.29 is 23.9 Å². The van der Waals surface area contributed by atoms with Gasteiger partial charge in [0.25, 0.3) is 5.91 Å². The van der Waals surface area contributed by atoms with Crippen LogP contribution in [-0.2, 0) is 23.9 Å². The van der Waals surface area contributed by atoms with Crippen molar-refractivity contribution in [2.24, 2.45) is 5.92 Å². The Kier molecular flexibility index (Phi) is 8.31. The highest BCUT2D eigenvalue weighted by Crippen LogP contribution is 2.28. The normalized spacial score (nSPS) is 16.0. The van der Waals surface area contributed by atoms with E-state index in [1.54, 1.807) is 16.7 Å². The molecule has 0 spiro atoms. The van der Waals surface area contributed by atoms with Gasteiger partial charge < -0.3 is 20.3 Å². The zero-order valence-corrected chi connectivity index (χ0v) is 16.8. The summed E-state index contributed by atoms with van der Waals surface area (Å²) in [6.45, 7) is 2.03. The first-order valence-electron chi connectivity index (χ1n) is 9.09. The SMILES string of the molecule is CCCNC(=O)CNC(=O)COC(=O)[C@@H]1CC(=O)N(c2cccc(SC)c2)C1. The molecule has 9 heteroatoms. The molecule has 1 aliphatic rings. The lowest BCUT2D eigenvalue weighted by Crippen LogP contribution is -2.39. The maximum Gasteiger partial charge on any atom is 0.311 e. The third-order valence-corrected chi connectivity index (χ3v) is 4.91. The van der Waals surface area contributed by atoms with Crippen molar-refractivity contribution in [3.63, 3.8) is 0 Å². The van der Waals surface area contributed by atoms with Gasteiger partial charge in [-0.2, -0.15) is 0 Å². The molecule has 0 saturated carbocycles. The number of ether oxygens (including phenoxy) is 1. The molecule has 0 bridgehead atoms. The second kappa shape index (κ2) is 10.7. The Balaban J connectivity index is 1.79. The Bertz CT molecular complexity index is 740. The number of anilines is 1. The molecule has 3 amide bonds. The van der Waals surface area contributed by atoms with Crippen LogP contribution < -0.4 is 15.5 Å². The first-order valence-corrected chi connectivity index (χ1v) is 10.3. The zero-order valence-electron chi connectivity index (χ0n) is 16.0. The quantitative estimate of drug-likeness (QED) is 0.466. The largest absolute Gasteiger partial charge is 0.455 e. The molecule has 152 valence electrons. The van der Waals surface area contributed by atoms with Crippen LogP contribution in [0.15, 0.2) is 29.2 Å². The van der Waals surface area contributed by atoms with Crippen LogP contribution >= 0.6 is 11.8 Å². The van der Waals surface area contributed by atoms with Gasteiger partial charge in [-0.25, -0.2) is 0 Å². The number of rotatable bonds is 9. The Morgan fingerprint density at radius 3 is 2.75 bits per heavy atom. The van der Waals surface area contributed by atoms with Gasteiger partial charge >= 0.3 is 5.97 Å². The fourth-order valence-corrected chi connectivity index (χ4v) is 3.16. The molecule has 0 aliphatic carbocycles. The molecule has 1 aromatic rings. The molecule has 1 heterocycles. The van der Waals surface area contributed by atoms with E-state index in [2.05, 4.69) is 10.6 Å². The lowest BCUT2D eigenvalue weighted by atomic mass is 10.1. The number of thioether (sulfide) groups is 1. The number of carbonyl (C=O) groups excluding carboxylic acids is 4. The summed E-state index contributed by atoms with van der Waals surface area (Å²) in [5.74, 6) is -2.23. The second-order valence-electron chi connectivity index (χ2n) is 6.34. The molecule has 1 saturated heterocycles. The highest BCUT2D eigenvalue weighted by molar-refractivity contribution is 7.98. The number of hydrogen-bond acceptors (Lipinski definition) is 6. The molecule has 1 atom stereocenters. The summed E-state index contributed by atoms with van der Waals surface area (Å²) in [5, 5.41) is 5.01. The Morgan fingerprint density at radius 1 is 1.25 bits per heavy atom. The maximum atomic E-state index is 12.3. The first-order chi connectivity index (χ1) is 13.4. The average Bonchev–Trinajstić information content (AvgIpc) is 3.10. The molecule has 0 unspecified atom stereocenters. The highest BCUT2D eigenvalue weighted by atomic mass is 32.2. The van der Waals surface area contributed by atoms with Crippen LogP contribution in [0.2, 0.25) is 0 Å². The molecular weight excluding hydrogens is 382 g/mol. The standard InChI is InChI=1S/C19H25N3O5S/c1-3-7-20-16(23)10-21-17(24)12-27-19(26)13-8-18(25)22(11-13)14-5-4-6-15(9-14)28-2/h4-6,9,13H,3,7-8,10-12H2,1-2H3,(H,20,23)(H,21,24)/t13-/m1/s1. The summed E-state index contributed by atoms with van der Waals surface area (Å²) in [7, 11) is 0. The Labute approximate surface area is 168 Å². The van der Waals surface area contributed by atoms with E-state index >= 15 is 0 Å². The van der Waals surface area contributed by atoms with E-state index in [9.17, 15) is 19.2 Å². The zero-order chi connectivity index (χ0) is 20.5. The van der Waals surface area contributed by atoms with Crippen molar-refractivity contribution in [1.29, 1.82) is 0 Å². The van der Waals surface area contributed by atoms with Crippen LogP contribution in [0.4, 0.5) is 5.69 Å². The number of carbonyl (C=O) groups is 4. The van der Waals surface area contributed by atoms with E-state index in [4.69, 9.17) is 4.74 Å². The van der Waals surface area contributed by atoms with Crippen LogP contribution in [0.1, 0.15) is 19.8 Å². The molecule has 0 radical (unpaired) electrons. The van der Waals surface area contributed by atoms with Crippen LogP contribution in [0.3, 0.4) is 0 Å². The van der Waals surface area contributed by atoms with Gasteiger partial charge in [0.05, 0.1) is 12.5 Å². The van der Waals surface area contributed by atoms with E-state index in [0.717, 1.165) is 17.0 Å². The predicted octanol–water partition coefficient (Wildman–Crippen LogP) is 0.947. The molecule has 8 nitrogen and oxygen atoms in total. The fourth-order valence-electron chi connectivity index (χ4n) is 2.70. The van der Waals surface area contributed by atoms with Gasteiger partial charge in [0.2, 0.25) is 11.8 Å². The summed E-state index contributed by atoms with van der Waals surface area (Å²) in [4.78, 5) is 50.2. The lowest BCUT2D eigenvalue weighted by Gasteiger charge is -2.17. The van der Waals surface area contributed by atoms with Gasteiger partial charge in [-0.05, 0) is 30.9 Å². The summed E-state index contributed by atoms with van der Waals surface area (Å²) < 4.78 is 5.01. The van der Waals surface area contributed by atoms with E-state index in [1.807, 2.05) is 37.4 Å². The van der Waals surface area contributed by atoms with Gasteiger partial charge in [-0.15, -0.1) is 11.8 Å². The van der Waals surface area contributed by atoms with Crippen molar-refractivity contribution in [3.8, 4) is 0 Å². The number of hydrogen-bond donors (Lipinski definition) is 2. The number of amides is 3. The average molecular weight is 407 g/mol. The first kappa shape index (κ1) is 21.7. The van der Waals surface area contributed by atoms with Crippen molar-refractivity contribution in [2.45, 2.75) is 24.7 Å². The van der Waals surface area contributed by atoms with Crippen molar-refractivity contribution in [1.82, 2.24) is 10.6 Å². The topological polar surface area (TPSA) is 105 Å². The summed E-state index contributed by atoms with van der Waals surface area (Å²) in [6, 6.07) is 7.53. The summed E-state index contributed by atoms with van der Waals surface area (Å²) >= 11 is 1.57. The number of nitrogens with one attached hydrogen (secondary N) is 2. The molecule has 1 fully saturated rings. The minimum Gasteiger partial charge on any atom is -0.455 e. The third kappa shape index (κ3) is 6.26. The predicted molar refractivity (Wildman–Crippen MR) is 106 cm³/mol. The van der Waals surface area contributed by atoms with Gasteiger partial charge in [0.15, 0.2) is 6.61 Å². The van der Waals surface area contributed by atoms with Crippen molar-refractivity contribution in [3.05, 3.63) is 24.3 Å². The van der Waals surface area contributed by atoms with Crippen LogP contribution in [0.25, 0.3) is 0 Å². The van der Waals surface area contributed by atoms with E-state index < -0.39 is 24.4 Å². The molecule has 0 aromatic heterocycles. The molecule has 28 heavy (non-hydrogen) atoms.